The molecule has 0 N–H and O–H groups in total. The van der Waals surface area contributed by atoms with Gasteiger partial charge in [-0.2, -0.15) is 11.8 Å². The summed E-state index contributed by atoms with van der Waals surface area (Å²) in [5.74, 6) is 0.934. The fourth-order valence-electron chi connectivity index (χ4n) is 2.51. The number of hydrogen-bond acceptors (Lipinski definition) is 4. The Morgan fingerprint density at radius 1 is 1.29 bits per heavy atom. The van der Waals surface area contributed by atoms with E-state index in [1.807, 2.05) is 22.7 Å². The van der Waals surface area contributed by atoms with Crippen molar-refractivity contribution >= 4 is 17.7 Å². The minimum Gasteiger partial charge on any atom is -0.336 e. The Kier molecular flexibility index (Phi) is 4.24. The molecule has 0 spiro atoms. The molecule has 1 unspecified atom stereocenters. The number of benzene rings is 1. The summed E-state index contributed by atoms with van der Waals surface area (Å²) in [6.07, 6.45) is 2.65. The number of nitrogens with zero attached hydrogens (tertiary/aromatic N) is 4. The van der Waals surface area contributed by atoms with E-state index in [1.54, 1.807) is 17.9 Å². The first-order valence-corrected chi connectivity index (χ1v) is 8.11. The zero-order chi connectivity index (χ0) is 14.7. The Labute approximate surface area is 128 Å². The van der Waals surface area contributed by atoms with E-state index in [1.165, 1.54) is 5.56 Å². The van der Waals surface area contributed by atoms with Gasteiger partial charge in [-0.15, -0.1) is 5.10 Å². The van der Waals surface area contributed by atoms with Gasteiger partial charge in [-0.3, -0.25) is 9.48 Å². The Bertz CT molecular complexity index is 613. The van der Waals surface area contributed by atoms with Crippen molar-refractivity contribution in [2.75, 3.05) is 18.8 Å². The molecule has 5 nitrogen and oxygen atoms in total. The normalized spacial score (nSPS) is 19.3. The largest absolute Gasteiger partial charge is 0.336 e. The van der Waals surface area contributed by atoms with Crippen molar-refractivity contribution in [1.82, 2.24) is 19.9 Å². The molecule has 1 atom stereocenters. The van der Waals surface area contributed by atoms with Gasteiger partial charge in [-0.05, 0) is 12.0 Å². The molecule has 0 radical (unpaired) electrons. The van der Waals surface area contributed by atoms with Crippen molar-refractivity contribution in [3.8, 4) is 0 Å². The molecule has 110 valence electrons. The van der Waals surface area contributed by atoms with E-state index in [9.17, 15) is 4.79 Å². The third-order valence-corrected chi connectivity index (χ3v) is 4.95. The first kappa shape index (κ1) is 14.1. The molecule has 1 fully saturated rings. The van der Waals surface area contributed by atoms with Gasteiger partial charge < -0.3 is 4.90 Å². The first-order valence-electron chi connectivity index (χ1n) is 7.06. The molecule has 2 aromatic rings. The molecule has 0 bridgehead atoms. The van der Waals surface area contributed by atoms with E-state index in [0.29, 0.717) is 10.9 Å². The molecule has 21 heavy (non-hydrogen) atoms. The topological polar surface area (TPSA) is 51.0 Å². The van der Waals surface area contributed by atoms with E-state index in [4.69, 9.17) is 0 Å². The van der Waals surface area contributed by atoms with Crippen LogP contribution in [0, 0.1) is 0 Å². The van der Waals surface area contributed by atoms with E-state index in [0.717, 1.165) is 25.3 Å². The molecule has 2 heterocycles. The molecule has 1 aromatic carbocycles. The van der Waals surface area contributed by atoms with E-state index in [2.05, 4.69) is 34.6 Å². The monoisotopic (exact) mass is 302 g/mol. The average Bonchev–Trinajstić information content (AvgIpc) is 2.81. The highest BCUT2D eigenvalue weighted by Gasteiger charge is 2.24. The van der Waals surface area contributed by atoms with E-state index < -0.39 is 0 Å². The molecule has 0 saturated carbocycles. The number of hydrogen-bond donors (Lipinski definition) is 0. The van der Waals surface area contributed by atoms with Gasteiger partial charge in [0.1, 0.15) is 0 Å². The number of carbonyl (C=O) groups is 1. The van der Waals surface area contributed by atoms with Crippen molar-refractivity contribution in [3.63, 3.8) is 0 Å². The number of aryl methyl sites for hydroxylation is 1. The number of thioether (sulfide) groups is 1. The second-order valence-corrected chi connectivity index (χ2v) is 6.44. The average molecular weight is 302 g/mol. The summed E-state index contributed by atoms with van der Waals surface area (Å²) in [7, 11) is 1.77. The van der Waals surface area contributed by atoms with Crippen LogP contribution in [0.25, 0.3) is 0 Å². The quantitative estimate of drug-likeness (QED) is 0.853. The Morgan fingerprint density at radius 3 is 2.81 bits per heavy atom. The minimum atomic E-state index is -0.0163. The second kappa shape index (κ2) is 6.30. The van der Waals surface area contributed by atoms with Crippen molar-refractivity contribution in [2.24, 2.45) is 7.05 Å². The van der Waals surface area contributed by atoms with E-state index in [-0.39, 0.29) is 5.91 Å². The van der Waals surface area contributed by atoms with Gasteiger partial charge in [0.25, 0.3) is 5.91 Å². The third kappa shape index (κ3) is 3.26. The lowest BCUT2D eigenvalue weighted by Crippen LogP contribution is -2.33. The van der Waals surface area contributed by atoms with Gasteiger partial charge in [-0.25, -0.2) is 0 Å². The van der Waals surface area contributed by atoms with Crippen LogP contribution in [-0.2, 0) is 7.05 Å². The minimum absolute atomic E-state index is 0.0163. The van der Waals surface area contributed by atoms with Crippen molar-refractivity contribution in [2.45, 2.75) is 11.7 Å². The standard InChI is InChI=1S/C15H18N4OS/c1-18-11-13(16-17-18)15(20)19-8-7-14(21-10-9-19)12-5-3-2-4-6-12/h2-6,11,14H,7-10H2,1H3. The Balaban J connectivity index is 1.67. The van der Waals surface area contributed by atoms with E-state index >= 15 is 0 Å². The van der Waals surface area contributed by atoms with Gasteiger partial charge in [0.05, 0.1) is 6.20 Å². The zero-order valence-corrected chi connectivity index (χ0v) is 12.8. The second-order valence-electron chi connectivity index (χ2n) is 5.13. The lowest BCUT2D eigenvalue weighted by atomic mass is 10.1. The summed E-state index contributed by atoms with van der Waals surface area (Å²) in [5, 5.41) is 8.21. The molecule has 0 aliphatic carbocycles. The summed E-state index contributed by atoms with van der Waals surface area (Å²) in [5.41, 5.74) is 1.77. The fourth-order valence-corrected chi connectivity index (χ4v) is 3.75. The predicted molar refractivity (Wildman–Crippen MR) is 83.2 cm³/mol. The number of carbonyl (C=O) groups excluding carboxylic acids is 1. The van der Waals surface area contributed by atoms with Crippen molar-refractivity contribution < 1.29 is 4.79 Å². The maximum atomic E-state index is 12.4. The van der Waals surface area contributed by atoms with Crippen LogP contribution in [0.5, 0.6) is 0 Å². The summed E-state index contributed by atoms with van der Waals surface area (Å²) in [6, 6.07) is 10.5. The molecule has 1 aliphatic rings. The molecule has 3 rings (SSSR count). The van der Waals surface area contributed by atoms with Crippen LogP contribution in [0.3, 0.4) is 0 Å². The van der Waals surface area contributed by atoms with Gasteiger partial charge in [0.2, 0.25) is 0 Å². The summed E-state index contributed by atoms with van der Waals surface area (Å²) >= 11 is 1.92. The Morgan fingerprint density at radius 2 is 2.10 bits per heavy atom. The van der Waals surface area contributed by atoms with Crippen LogP contribution >= 0.6 is 11.8 Å². The van der Waals surface area contributed by atoms with Crippen molar-refractivity contribution in [3.05, 3.63) is 47.8 Å². The molecule has 1 aromatic heterocycles. The Hall–Kier alpha value is -1.82. The summed E-state index contributed by atoms with van der Waals surface area (Å²) in [6.45, 7) is 1.53. The highest BCUT2D eigenvalue weighted by molar-refractivity contribution is 7.99. The van der Waals surface area contributed by atoms with Gasteiger partial charge in [-0.1, -0.05) is 35.5 Å². The molecule has 1 aliphatic heterocycles. The number of aromatic nitrogens is 3. The first-order chi connectivity index (χ1) is 10.2. The maximum Gasteiger partial charge on any atom is 0.276 e. The van der Waals surface area contributed by atoms with Crippen molar-refractivity contribution in [1.29, 1.82) is 0 Å². The highest BCUT2D eigenvalue weighted by atomic mass is 32.2. The maximum absolute atomic E-state index is 12.4. The molecule has 1 amide bonds. The van der Waals surface area contributed by atoms with Crippen LogP contribution < -0.4 is 0 Å². The molecule has 1 saturated heterocycles. The summed E-state index contributed by atoms with van der Waals surface area (Å²) < 4.78 is 1.56. The fraction of sp³-hybridized carbons (Fsp3) is 0.400. The SMILES string of the molecule is Cn1cc(C(=O)N2CCSC(c3ccccc3)CC2)nn1. The number of amides is 1. The van der Waals surface area contributed by atoms with Gasteiger partial charge in [0, 0.05) is 31.1 Å². The summed E-state index contributed by atoms with van der Waals surface area (Å²) in [4.78, 5) is 14.3. The smallest absolute Gasteiger partial charge is 0.276 e. The van der Waals surface area contributed by atoms with Crippen LogP contribution in [0.15, 0.2) is 36.5 Å². The lowest BCUT2D eigenvalue weighted by Gasteiger charge is -2.18. The third-order valence-electron chi connectivity index (χ3n) is 3.62. The zero-order valence-electron chi connectivity index (χ0n) is 12.0. The molecular weight excluding hydrogens is 284 g/mol. The van der Waals surface area contributed by atoms with Crippen LogP contribution in [-0.4, -0.2) is 44.6 Å². The molecule has 6 heteroatoms. The van der Waals surface area contributed by atoms with Gasteiger partial charge in [0.15, 0.2) is 5.69 Å². The van der Waals surface area contributed by atoms with Crippen LogP contribution in [0.4, 0.5) is 0 Å². The molecular formula is C15H18N4OS. The predicted octanol–water partition coefficient (Wildman–Crippen LogP) is 2.14. The van der Waals surface area contributed by atoms with Crippen LogP contribution in [0.2, 0.25) is 0 Å². The van der Waals surface area contributed by atoms with Gasteiger partial charge >= 0.3 is 0 Å². The lowest BCUT2D eigenvalue weighted by molar-refractivity contribution is 0.0760. The number of rotatable bonds is 2. The highest BCUT2D eigenvalue weighted by Crippen LogP contribution is 2.34. The van der Waals surface area contributed by atoms with Crippen LogP contribution in [0.1, 0.15) is 27.7 Å².